The highest BCUT2D eigenvalue weighted by molar-refractivity contribution is 5.66. The largest absolute Gasteiger partial charge is 0.481 e. The first-order valence-electron chi connectivity index (χ1n) is 10.6. The van der Waals surface area contributed by atoms with Gasteiger partial charge in [0.1, 0.15) is 0 Å². The van der Waals surface area contributed by atoms with Crippen LogP contribution in [0.15, 0.2) is 0 Å². The van der Waals surface area contributed by atoms with Crippen LogP contribution in [-0.4, -0.2) is 22.3 Å². The Hall–Kier alpha value is -0.570. The van der Waals surface area contributed by atoms with Gasteiger partial charge in [-0.05, 0) is 19.3 Å². The van der Waals surface area contributed by atoms with Crippen molar-refractivity contribution in [3.05, 3.63) is 0 Å². The van der Waals surface area contributed by atoms with Gasteiger partial charge in [0.25, 0.3) is 0 Å². The van der Waals surface area contributed by atoms with Crippen LogP contribution in [0.4, 0.5) is 0 Å². The van der Waals surface area contributed by atoms with Crippen molar-refractivity contribution < 1.29 is 15.0 Å². The first-order chi connectivity index (χ1) is 11.7. The Labute approximate surface area is 150 Å². The normalized spacial score (nSPS) is 12.4. The van der Waals surface area contributed by atoms with E-state index in [1.54, 1.807) is 0 Å². The van der Waals surface area contributed by atoms with Crippen LogP contribution in [0.1, 0.15) is 122 Å². The van der Waals surface area contributed by atoms with Gasteiger partial charge in [0, 0.05) is 6.42 Å². The molecule has 0 amide bonds. The third kappa shape index (κ3) is 19.5. The molecular weight excluding hydrogens is 300 g/mol. The van der Waals surface area contributed by atoms with Gasteiger partial charge in [-0.15, -0.1) is 0 Å². The van der Waals surface area contributed by atoms with Crippen LogP contribution < -0.4 is 0 Å². The van der Waals surface area contributed by atoms with Crippen LogP contribution in [0.3, 0.4) is 0 Å². The Bertz CT molecular complexity index is 266. The molecule has 0 fully saturated rings. The molecule has 24 heavy (non-hydrogen) atoms. The maximum atomic E-state index is 10.4. The summed E-state index contributed by atoms with van der Waals surface area (Å²) in [6.45, 7) is 2.27. The van der Waals surface area contributed by atoms with E-state index in [0.717, 1.165) is 25.7 Å². The van der Waals surface area contributed by atoms with Crippen molar-refractivity contribution in [3.63, 3.8) is 0 Å². The lowest BCUT2D eigenvalue weighted by Crippen LogP contribution is -2.06. The topological polar surface area (TPSA) is 57.5 Å². The van der Waals surface area contributed by atoms with Crippen molar-refractivity contribution in [2.45, 2.75) is 129 Å². The minimum absolute atomic E-state index is 0.228. The molecule has 0 aromatic heterocycles. The fraction of sp³-hybridized carbons (Fsp3) is 0.952. The maximum absolute atomic E-state index is 10.4. The van der Waals surface area contributed by atoms with Crippen molar-refractivity contribution in [1.82, 2.24) is 0 Å². The van der Waals surface area contributed by atoms with E-state index in [0.29, 0.717) is 6.42 Å². The molecular formula is C21H42O3. The minimum atomic E-state index is -0.735. The Morgan fingerprint density at radius 2 is 1.04 bits per heavy atom. The second-order valence-electron chi connectivity index (χ2n) is 7.32. The summed E-state index contributed by atoms with van der Waals surface area (Å²) in [5.41, 5.74) is 0. The molecule has 0 heterocycles. The molecule has 0 spiro atoms. The summed E-state index contributed by atoms with van der Waals surface area (Å²) in [5, 5.41) is 18.4. The van der Waals surface area contributed by atoms with Crippen LogP contribution >= 0.6 is 0 Å². The number of aliphatic carboxylic acids is 1. The molecule has 0 aromatic carbocycles. The first kappa shape index (κ1) is 23.4. The molecule has 0 bridgehead atoms. The number of rotatable bonds is 19. The lowest BCUT2D eigenvalue weighted by atomic mass is 10.0. The van der Waals surface area contributed by atoms with Gasteiger partial charge in [0.05, 0.1) is 6.10 Å². The van der Waals surface area contributed by atoms with Gasteiger partial charge in [-0.2, -0.15) is 0 Å². The van der Waals surface area contributed by atoms with Gasteiger partial charge in [0.15, 0.2) is 0 Å². The molecule has 0 aliphatic heterocycles. The fourth-order valence-electron chi connectivity index (χ4n) is 3.20. The predicted molar refractivity (Wildman–Crippen MR) is 102 cm³/mol. The molecule has 0 saturated carbocycles. The highest BCUT2D eigenvalue weighted by Crippen LogP contribution is 2.14. The lowest BCUT2D eigenvalue weighted by molar-refractivity contribution is -0.137. The van der Waals surface area contributed by atoms with Crippen molar-refractivity contribution in [1.29, 1.82) is 0 Å². The zero-order valence-electron chi connectivity index (χ0n) is 16.1. The summed E-state index contributed by atoms with van der Waals surface area (Å²) < 4.78 is 0. The summed E-state index contributed by atoms with van der Waals surface area (Å²) in [6.07, 6.45) is 20.7. The molecule has 2 N–H and O–H groups in total. The van der Waals surface area contributed by atoms with Crippen molar-refractivity contribution in [2.75, 3.05) is 0 Å². The van der Waals surface area contributed by atoms with E-state index in [9.17, 15) is 9.90 Å². The summed E-state index contributed by atoms with van der Waals surface area (Å²) >= 11 is 0. The zero-order chi connectivity index (χ0) is 17.9. The Kier molecular flexibility index (Phi) is 18.3. The first-order valence-corrected chi connectivity index (χ1v) is 10.6. The van der Waals surface area contributed by atoms with E-state index in [4.69, 9.17) is 5.11 Å². The van der Waals surface area contributed by atoms with Gasteiger partial charge in [0.2, 0.25) is 0 Å². The maximum Gasteiger partial charge on any atom is 0.303 e. The molecule has 0 rings (SSSR count). The van der Waals surface area contributed by atoms with E-state index < -0.39 is 5.97 Å². The van der Waals surface area contributed by atoms with E-state index in [1.165, 1.54) is 77.0 Å². The Morgan fingerprint density at radius 3 is 1.46 bits per heavy atom. The van der Waals surface area contributed by atoms with Gasteiger partial charge >= 0.3 is 5.97 Å². The molecule has 0 radical (unpaired) electrons. The number of unbranched alkanes of at least 4 members (excludes halogenated alkanes) is 13. The summed E-state index contributed by atoms with van der Waals surface area (Å²) in [7, 11) is 0. The molecule has 0 saturated heterocycles. The van der Waals surface area contributed by atoms with Crippen LogP contribution in [0.5, 0.6) is 0 Å². The number of hydrogen-bond donors (Lipinski definition) is 2. The zero-order valence-corrected chi connectivity index (χ0v) is 16.1. The second-order valence-corrected chi connectivity index (χ2v) is 7.32. The van der Waals surface area contributed by atoms with Crippen molar-refractivity contribution in [2.24, 2.45) is 0 Å². The van der Waals surface area contributed by atoms with E-state index in [1.807, 2.05) is 0 Å². The number of carbonyl (C=O) groups is 1. The highest BCUT2D eigenvalue weighted by Gasteiger charge is 2.04. The lowest BCUT2D eigenvalue weighted by Gasteiger charge is -2.09. The average Bonchev–Trinajstić information content (AvgIpc) is 2.55. The predicted octanol–water partition coefficient (Wildman–Crippen LogP) is 6.47. The average molecular weight is 343 g/mol. The van der Waals surface area contributed by atoms with Crippen LogP contribution in [0.25, 0.3) is 0 Å². The fourth-order valence-corrected chi connectivity index (χ4v) is 3.20. The third-order valence-electron chi connectivity index (χ3n) is 4.82. The molecule has 0 aliphatic rings. The highest BCUT2D eigenvalue weighted by atomic mass is 16.4. The minimum Gasteiger partial charge on any atom is -0.481 e. The Morgan fingerprint density at radius 1 is 0.667 bits per heavy atom. The van der Waals surface area contributed by atoms with Gasteiger partial charge < -0.3 is 10.2 Å². The number of carboxylic acid groups (broad SMARTS) is 1. The molecule has 0 aliphatic carbocycles. The van der Waals surface area contributed by atoms with Crippen molar-refractivity contribution in [3.8, 4) is 0 Å². The summed E-state index contributed by atoms with van der Waals surface area (Å²) in [6, 6.07) is 0. The SMILES string of the molecule is CCCCCCCCCCCCCCCC(O)CCCCC(=O)O. The van der Waals surface area contributed by atoms with Gasteiger partial charge in [-0.1, -0.05) is 96.8 Å². The van der Waals surface area contributed by atoms with Crippen LogP contribution in [0.2, 0.25) is 0 Å². The van der Waals surface area contributed by atoms with E-state index >= 15 is 0 Å². The summed E-state index contributed by atoms with van der Waals surface area (Å²) in [5.74, 6) is -0.735. The van der Waals surface area contributed by atoms with E-state index in [-0.39, 0.29) is 12.5 Å². The number of aliphatic hydroxyl groups excluding tert-OH is 1. The molecule has 3 heteroatoms. The Balaban J connectivity index is 3.12. The molecule has 0 aromatic rings. The van der Waals surface area contributed by atoms with Crippen LogP contribution in [0, 0.1) is 0 Å². The van der Waals surface area contributed by atoms with Crippen molar-refractivity contribution >= 4 is 5.97 Å². The standard InChI is InChI=1S/C21H42O3/c1-2-3-4-5-6-7-8-9-10-11-12-13-14-17-20(22)18-15-16-19-21(23)24/h20,22H,2-19H2,1H3,(H,23,24). The molecule has 1 atom stereocenters. The monoisotopic (exact) mass is 342 g/mol. The molecule has 144 valence electrons. The smallest absolute Gasteiger partial charge is 0.303 e. The third-order valence-corrected chi connectivity index (χ3v) is 4.82. The van der Waals surface area contributed by atoms with Crippen LogP contribution in [-0.2, 0) is 4.79 Å². The number of aliphatic hydroxyl groups is 1. The van der Waals surface area contributed by atoms with E-state index in [2.05, 4.69) is 6.92 Å². The molecule has 3 nitrogen and oxygen atoms in total. The number of hydrogen-bond acceptors (Lipinski definition) is 2. The van der Waals surface area contributed by atoms with Gasteiger partial charge in [-0.3, -0.25) is 4.79 Å². The van der Waals surface area contributed by atoms with Gasteiger partial charge in [-0.25, -0.2) is 0 Å². The second kappa shape index (κ2) is 18.8. The summed E-state index contributed by atoms with van der Waals surface area (Å²) in [4.78, 5) is 10.4. The molecule has 1 unspecified atom stereocenters. The quantitative estimate of drug-likeness (QED) is 0.264. The number of carboxylic acids is 1.